The van der Waals surface area contributed by atoms with Crippen molar-refractivity contribution in [2.45, 2.75) is 156 Å². The number of anilines is 10. The van der Waals surface area contributed by atoms with Gasteiger partial charge in [-0.3, -0.25) is 0 Å². The molecule has 492 valence electrons. The van der Waals surface area contributed by atoms with Gasteiger partial charge in [0.1, 0.15) is 0 Å². The fraction of sp³-hybridized carbons (Fsp3) is 0.469. The highest BCUT2D eigenvalue weighted by molar-refractivity contribution is 6.89. The molecule has 4 aromatic carbocycles. The Kier molecular flexibility index (Phi) is 28.5. The van der Waals surface area contributed by atoms with Crippen molar-refractivity contribution < 1.29 is 50.5 Å². The third-order valence-corrected chi connectivity index (χ3v) is 27.7. The minimum Gasteiger partial charge on any atom is -0.462 e. The Labute approximate surface area is 540 Å². The van der Waals surface area contributed by atoms with Crippen LogP contribution in [0, 0.1) is 0 Å². The van der Waals surface area contributed by atoms with E-state index in [4.69, 9.17) is 51.2 Å². The molecule has 6 rings (SSSR count). The van der Waals surface area contributed by atoms with Crippen LogP contribution in [0.4, 0.5) is 58.4 Å². The van der Waals surface area contributed by atoms with Gasteiger partial charge in [-0.1, -0.05) is 53.4 Å². The van der Waals surface area contributed by atoms with Crippen molar-refractivity contribution in [1.82, 2.24) is 29.9 Å². The monoisotopic (exact) mass is 1320 g/mol. The van der Waals surface area contributed by atoms with Crippen LogP contribution in [0.1, 0.15) is 133 Å². The second-order valence-electron chi connectivity index (χ2n) is 24.2. The maximum absolute atomic E-state index is 12.7. The Morgan fingerprint density at radius 3 is 0.780 bits per heavy atom. The zero-order chi connectivity index (χ0) is 65.9. The Morgan fingerprint density at radius 2 is 0.560 bits per heavy atom. The summed E-state index contributed by atoms with van der Waals surface area (Å²) in [5, 5.41) is 19.9. The van der Waals surface area contributed by atoms with E-state index in [2.05, 4.69) is 94.2 Å². The van der Waals surface area contributed by atoms with Crippen molar-refractivity contribution in [2.24, 2.45) is 0 Å². The van der Waals surface area contributed by atoms with Gasteiger partial charge in [0.05, 0.1) is 48.7 Å². The quantitative estimate of drug-likeness (QED) is 0.00902. The van der Waals surface area contributed by atoms with Gasteiger partial charge in [0.25, 0.3) is 0 Å². The molecule has 0 amide bonds. The van der Waals surface area contributed by atoms with Crippen LogP contribution in [-0.2, 0) is 31.3 Å². The summed E-state index contributed by atoms with van der Waals surface area (Å²) in [6.45, 7) is 27.9. The first-order chi connectivity index (χ1) is 43.4. The van der Waals surface area contributed by atoms with Crippen LogP contribution in [-0.4, -0.2) is 127 Å². The highest BCUT2D eigenvalue weighted by Crippen LogP contribution is 2.32. The molecule has 2 unspecified atom stereocenters. The second-order valence-corrected chi connectivity index (χ2v) is 40.7. The lowest BCUT2D eigenvalue weighted by Gasteiger charge is -2.43. The summed E-state index contributed by atoms with van der Waals surface area (Å²) >= 11 is 0. The fourth-order valence-corrected chi connectivity index (χ4v) is 27.6. The standard InChI is InChI=1S/C64H94N12O11Si4/c1-13-17-41-81-55(77)47-23-31-51(32-24-47)67-61-71-59(72-62(75-61)68-52-33-25-48(26-34-52)56(78)82-42-18-14-2)65-39-21-45-90(11,85-88(5,6)7)87-91(12,86-89(8,9)10)46-22-40-66-60-73-63(69-53-35-27-49(28-36-53)57(79)83-43-19-15-3)76-64(74-60)70-54-37-29-50(30-38-54)58(80)84-44-20-16-4/h23-38H,13-22,39-46H2,1-12H3,(H3,65,67,68,71,72,75)(H3,66,69,70,73,74,76). The zero-order valence-corrected chi connectivity index (χ0v) is 59.1. The average molecular weight is 1320 g/mol. The SMILES string of the molecule is CCCCOC(=O)c1ccc(Nc2nc(NCCC[Si](C)(O[Si](C)(C)C)O[Si](C)(CCCNc3nc(Nc4ccc(C(=O)OCCCC)cc4)nc(Nc4ccc(C(=O)OCCCC)cc4)n3)O[Si](C)(C)C)nc(Nc3ccc(C(=O)OCCCC)cc3)n2)cc1. The van der Waals surface area contributed by atoms with Gasteiger partial charge in [0.15, 0.2) is 16.6 Å². The van der Waals surface area contributed by atoms with E-state index >= 15 is 0 Å². The number of unbranched alkanes of at least 4 members (excludes halogenated alkanes) is 4. The van der Waals surface area contributed by atoms with Crippen molar-refractivity contribution in [3.05, 3.63) is 119 Å². The summed E-state index contributed by atoms with van der Waals surface area (Å²) in [6.07, 6.45) is 8.16. The van der Waals surface area contributed by atoms with E-state index in [0.717, 1.165) is 51.4 Å². The molecular formula is C64H94N12O11Si4. The number of carbonyl (C=O) groups excluding carboxylic acids is 4. The normalized spacial score (nSPS) is 12.8. The maximum Gasteiger partial charge on any atom is 0.338 e. The van der Waals surface area contributed by atoms with E-state index in [0.29, 0.717) is 121 Å². The Balaban J connectivity index is 1.16. The van der Waals surface area contributed by atoms with E-state index < -0.39 is 33.8 Å². The molecule has 0 saturated carbocycles. The molecule has 0 saturated heterocycles. The number of nitrogens with one attached hydrogen (secondary N) is 6. The molecule has 0 spiro atoms. The van der Waals surface area contributed by atoms with E-state index in [9.17, 15) is 19.2 Å². The predicted molar refractivity (Wildman–Crippen MR) is 368 cm³/mol. The maximum atomic E-state index is 12.7. The average Bonchev–Trinajstić information content (AvgIpc) is 1.25. The summed E-state index contributed by atoms with van der Waals surface area (Å²) in [4.78, 5) is 79.0. The second kappa shape index (κ2) is 35.8. The van der Waals surface area contributed by atoms with Crippen molar-refractivity contribution in [3.8, 4) is 0 Å². The largest absolute Gasteiger partial charge is 0.462 e. The zero-order valence-electron chi connectivity index (χ0n) is 55.1. The molecule has 23 nitrogen and oxygen atoms in total. The first kappa shape index (κ1) is 72.4. The molecule has 91 heavy (non-hydrogen) atoms. The van der Waals surface area contributed by atoms with Crippen LogP contribution in [0.15, 0.2) is 97.1 Å². The number of aromatic nitrogens is 6. The molecule has 6 N–H and O–H groups in total. The highest BCUT2D eigenvalue weighted by atomic mass is 28.5. The van der Waals surface area contributed by atoms with Crippen LogP contribution in [0.3, 0.4) is 0 Å². The van der Waals surface area contributed by atoms with Crippen LogP contribution >= 0.6 is 0 Å². The molecule has 27 heteroatoms. The smallest absolute Gasteiger partial charge is 0.338 e. The number of hydrogen-bond acceptors (Lipinski definition) is 23. The molecule has 2 heterocycles. The van der Waals surface area contributed by atoms with Gasteiger partial charge in [0, 0.05) is 35.8 Å². The van der Waals surface area contributed by atoms with Crippen molar-refractivity contribution in [3.63, 3.8) is 0 Å². The number of hydrogen-bond donors (Lipinski definition) is 6. The number of nitrogens with zero attached hydrogens (tertiary/aromatic N) is 6. The number of benzene rings is 4. The molecule has 0 aliphatic heterocycles. The summed E-state index contributed by atoms with van der Waals surface area (Å²) < 4.78 is 43.3. The van der Waals surface area contributed by atoms with Crippen LogP contribution < -0.4 is 31.9 Å². The van der Waals surface area contributed by atoms with Crippen LogP contribution in [0.2, 0.25) is 64.5 Å². The topological polar surface area (TPSA) is 282 Å². The molecule has 6 aromatic rings. The van der Waals surface area contributed by atoms with Gasteiger partial charge in [-0.15, -0.1) is 0 Å². The third kappa shape index (κ3) is 26.2. The van der Waals surface area contributed by atoms with Gasteiger partial charge >= 0.3 is 41.0 Å². The molecule has 0 bridgehead atoms. The lowest BCUT2D eigenvalue weighted by atomic mass is 10.2. The number of ether oxygens (including phenoxy) is 4. The molecule has 2 atom stereocenters. The van der Waals surface area contributed by atoms with Gasteiger partial charge in [-0.25, -0.2) is 19.2 Å². The third-order valence-electron chi connectivity index (χ3n) is 13.4. The van der Waals surface area contributed by atoms with E-state index in [-0.39, 0.29) is 47.7 Å². The lowest BCUT2D eigenvalue weighted by molar-refractivity contribution is 0.0490. The van der Waals surface area contributed by atoms with Crippen LogP contribution in [0.25, 0.3) is 0 Å². The number of esters is 4. The predicted octanol–water partition coefficient (Wildman–Crippen LogP) is 15.0. The Bertz CT molecular complexity index is 2870. The van der Waals surface area contributed by atoms with Crippen molar-refractivity contribution in [1.29, 1.82) is 0 Å². The molecular weight excluding hydrogens is 1230 g/mol. The van der Waals surface area contributed by atoms with Crippen molar-refractivity contribution >= 4 is 116 Å². The lowest BCUT2D eigenvalue weighted by Crippen LogP contribution is -2.58. The minimum absolute atomic E-state index is 0.248. The minimum atomic E-state index is -2.96. The van der Waals surface area contributed by atoms with Gasteiger partial charge in [-0.05, 0) is 200 Å². The summed E-state index contributed by atoms with van der Waals surface area (Å²) in [5.74, 6) is 0.0634. The van der Waals surface area contributed by atoms with E-state index in [1.807, 2.05) is 27.7 Å². The van der Waals surface area contributed by atoms with Gasteiger partial charge < -0.3 is 63.2 Å². The van der Waals surface area contributed by atoms with E-state index in [1.165, 1.54) is 0 Å². The van der Waals surface area contributed by atoms with Crippen LogP contribution in [0.5, 0.6) is 0 Å². The molecule has 2 aromatic heterocycles. The number of rotatable bonds is 40. The molecule has 0 fully saturated rings. The van der Waals surface area contributed by atoms with Crippen molar-refractivity contribution in [2.75, 3.05) is 71.4 Å². The summed E-state index contributed by atoms with van der Waals surface area (Å²) in [6, 6.07) is 28.9. The summed E-state index contributed by atoms with van der Waals surface area (Å²) in [7, 11) is -10.3. The first-order valence-corrected chi connectivity index (χ1v) is 43.6. The molecule has 0 aliphatic carbocycles. The van der Waals surface area contributed by atoms with Gasteiger partial charge in [0.2, 0.25) is 35.7 Å². The van der Waals surface area contributed by atoms with Gasteiger partial charge in [-0.2, -0.15) is 29.9 Å². The highest BCUT2D eigenvalue weighted by Gasteiger charge is 2.46. The Hall–Kier alpha value is -7.67. The molecule has 0 aliphatic rings. The molecule has 0 radical (unpaired) electrons. The fourth-order valence-electron chi connectivity index (χ4n) is 9.20. The Morgan fingerprint density at radius 1 is 0.330 bits per heavy atom. The van der Waals surface area contributed by atoms with E-state index in [1.54, 1.807) is 97.1 Å². The first-order valence-electron chi connectivity index (χ1n) is 31.7. The summed E-state index contributed by atoms with van der Waals surface area (Å²) in [5.41, 5.74) is 4.30. The number of carbonyl (C=O) groups is 4.